The summed E-state index contributed by atoms with van der Waals surface area (Å²) in [5.74, 6) is -1.09. The third-order valence-corrected chi connectivity index (χ3v) is 9.00. The number of esters is 1. The molecule has 0 saturated carbocycles. The minimum Gasteiger partial charge on any atom is -0.496 e. The van der Waals surface area contributed by atoms with Crippen LogP contribution in [-0.4, -0.2) is 61.4 Å². The Bertz CT molecular complexity index is 1870. The average molecular weight is 712 g/mol. The molecule has 3 aromatic carbocycles. The largest absolute Gasteiger partial charge is 0.496 e. The normalized spacial score (nSPS) is 13.8. The number of amides is 2. The van der Waals surface area contributed by atoms with Crippen molar-refractivity contribution in [3.63, 3.8) is 0 Å². The van der Waals surface area contributed by atoms with Crippen molar-refractivity contribution >= 4 is 46.7 Å². The van der Waals surface area contributed by atoms with Crippen molar-refractivity contribution in [2.45, 2.75) is 38.9 Å². The summed E-state index contributed by atoms with van der Waals surface area (Å²) >= 11 is 13.8. The van der Waals surface area contributed by atoms with E-state index in [1.165, 1.54) is 27.2 Å². The summed E-state index contributed by atoms with van der Waals surface area (Å²) in [5.41, 5.74) is 3.95. The quantitative estimate of drug-likeness (QED) is 0.102. The number of aryl methyl sites for hydroxylation is 1. The lowest BCUT2D eigenvalue weighted by atomic mass is 9.97. The van der Waals surface area contributed by atoms with Crippen molar-refractivity contribution in [2.75, 3.05) is 39.2 Å². The number of hydrogen-bond acceptors (Lipinski definition) is 8. The van der Waals surface area contributed by atoms with E-state index in [-0.39, 0.29) is 41.7 Å². The van der Waals surface area contributed by atoms with Crippen molar-refractivity contribution < 1.29 is 28.2 Å². The maximum absolute atomic E-state index is 15.4. The summed E-state index contributed by atoms with van der Waals surface area (Å²) in [4.78, 5) is 36.1. The number of hydrogen-bond donors (Lipinski definition) is 4. The minimum atomic E-state index is -0.475. The Kier molecular flexibility index (Phi) is 11.9. The van der Waals surface area contributed by atoms with Gasteiger partial charge in [0.05, 0.1) is 42.2 Å². The number of nitrogens with zero attached hydrogens (tertiary/aromatic N) is 2. The van der Waals surface area contributed by atoms with E-state index in [0.717, 1.165) is 18.5 Å². The van der Waals surface area contributed by atoms with Gasteiger partial charge >= 0.3 is 5.97 Å². The molecule has 4 aromatic rings. The second-order valence-corrected chi connectivity index (χ2v) is 12.2. The number of nitrogens with one attached hydrogen (secondary N) is 4. The lowest BCUT2D eigenvalue weighted by molar-refractivity contribution is -0.139. The second-order valence-electron chi connectivity index (χ2n) is 11.4. The Morgan fingerprint density at radius 3 is 2.47 bits per heavy atom. The number of aromatic nitrogens is 2. The molecule has 1 aliphatic rings. The van der Waals surface area contributed by atoms with Crippen LogP contribution in [-0.2, 0) is 27.4 Å². The zero-order valence-electron chi connectivity index (χ0n) is 27.3. The van der Waals surface area contributed by atoms with Gasteiger partial charge in [-0.2, -0.15) is 5.10 Å². The molecular formula is C35H37Cl2FN6O5. The summed E-state index contributed by atoms with van der Waals surface area (Å²) in [6.07, 6.45) is 1.63. The molecule has 0 aliphatic carbocycles. The Hall–Kier alpha value is -4.49. The molecule has 5 rings (SSSR count). The van der Waals surface area contributed by atoms with Crippen LogP contribution >= 0.6 is 23.2 Å². The fraction of sp³-hybridized carbons (Fsp3) is 0.314. The van der Waals surface area contributed by atoms with Crippen molar-refractivity contribution in [3.05, 3.63) is 87.4 Å². The van der Waals surface area contributed by atoms with Gasteiger partial charge in [-0.3, -0.25) is 24.4 Å². The van der Waals surface area contributed by atoms with E-state index >= 15 is 4.39 Å². The fourth-order valence-corrected chi connectivity index (χ4v) is 6.34. The van der Waals surface area contributed by atoms with Crippen molar-refractivity contribution in [1.82, 2.24) is 25.7 Å². The van der Waals surface area contributed by atoms with E-state index in [9.17, 15) is 14.4 Å². The summed E-state index contributed by atoms with van der Waals surface area (Å²) < 4.78 is 27.4. The SMILES string of the molecule is COC(=O)CNC1CCCn2nc(C(=O)Nc3cccc(-c4cccc(-c5cc(F)c(CNCCNC(C)=O)c(OC)c5)c4Cl)c3Cl)cc21. The lowest BCUT2D eigenvalue weighted by Gasteiger charge is -2.24. The van der Waals surface area contributed by atoms with E-state index in [2.05, 4.69) is 26.4 Å². The highest BCUT2D eigenvalue weighted by Gasteiger charge is 2.26. The molecule has 258 valence electrons. The van der Waals surface area contributed by atoms with Crippen LogP contribution in [0.4, 0.5) is 10.1 Å². The van der Waals surface area contributed by atoms with Crippen LogP contribution in [0.1, 0.15) is 47.6 Å². The molecule has 0 bridgehead atoms. The zero-order chi connectivity index (χ0) is 35.1. The first-order valence-corrected chi connectivity index (χ1v) is 16.5. The number of fused-ring (bicyclic) bond motifs is 1. The van der Waals surface area contributed by atoms with Crippen LogP contribution in [0, 0.1) is 5.82 Å². The van der Waals surface area contributed by atoms with E-state index in [1.807, 2.05) is 0 Å². The molecular weight excluding hydrogens is 674 g/mol. The third-order valence-electron chi connectivity index (χ3n) is 8.18. The predicted octanol–water partition coefficient (Wildman–Crippen LogP) is 5.75. The molecule has 2 amide bonds. The average Bonchev–Trinajstić information content (AvgIpc) is 3.54. The molecule has 1 aliphatic heterocycles. The molecule has 14 heteroatoms. The van der Waals surface area contributed by atoms with Crippen molar-refractivity contribution in [3.8, 4) is 28.0 Å². The van der Waals surface area contributed by atoms with Crippen LogP contribution in [0.3, 0.4) is 0 Å². The highest BCUT2D eigenvalue weighted by Crippen LogP contribution is 2.42. The highest BCUT2D eigenvalue weighted by atomic mass is 35.5. The standard InChI is InChI=1S/C35H37Cl2FN6O5/c1-20(45)40-13-12-39-18-25-26(38)15-21(16-31(25)48-2)22-7-4-8-23(33(22)36)24-9-5-10-28(34(24)37)42-35(47)29-17-30-27(41-19-32(46)49-3)11-6-14-44(30)43-29/h4-5,7-10,15-17,27,39,41H,6,11-14,18-19H2,1-3H3,(H,40,45)(H,42,47). The lowest BCUT2D eigenvalue weighted by Crippen LogP contribution is -2.32. The molecule has 49 heavy (non-hydrogen) atoms. The molecule has 2 heterocycles. The van der Waals surface area contributed by atoms with Gasteiger partial charge in [0.25, 0.3) is 5.91 Å². The Morgan fingerprint density at radius 1 is 1.00 bits per heavy atom. The number of carbonyl (C=O) groups excluding carboxylic acids is 3. The number of carbonyl (C=O) groups is 3. The maximum atomic E-state index is 15.4. The number of benzene rings is 3. The third kappa shape index (κ3) is 8.39. The van der Waals surface area contributed by atoms with Crippen LogP contribution < -0.4 is 26.0 Å². The van der Waals surface area contributed by atoms with Crippen LogP contribution in [0.5, 0.6) is 5.75 Å². The van der Waals surface area contributed by atoms with E-state index in [0.29, 0.717) is 63.9 Å². The molecule has 0 radical (unpaired) electrons. The first-order valence-electron chi connectivity index (χ1n) is 15.7. The van der Waals surface area contributed by atoms with Crippen molar-refractivity contribution in [1.29, 1.82) is 0 Å². The van der Waals surface area contributed by atoms with Crippen LogP contribution in [0.25, 0.3) is 22.3 Å². The number of methoxy groups -OCH3 is 2. The molecule has 0 saturated heterocycles. The van der Waals surface area contributed by atoms with Crippen LogP contribution in [0.15, 0.2) is 54.6 Å². The number of rotatable bonds is 13. The van der Waals surface area contributed by atoms with Crippen molar-refractivity contribution in [2.24, 2.45) is 0 Å². The summed E-state index contributed by atoms with van der Waals surface area (Å²) in [6, 6.07) is 15.3. The summed E-state index contributed by atoms with van der Waals surface area (Å²) in [7, 11) is 2.80. The molecule has 0 fully saturated rings. The van der Waals surface area contributed by atoms with Gasteiger partial charge in [-0.1, -0.05) is 53.5 Å². The molecule has 1 unspecified atom stereocenters. The fourth-order valence-electron chi connectivity index (χ4n) is 5.73. The van der Waals surface area contributed by atoms with Gasteiger partial charge in [0, 0.05) is 61.4 Å². The Balaban J connectivity index is 1.36. The Labute approximate surface area is 293 Å². The number of ether oxygens (including phenoxy) is 2. The summed E-state index contributed by atoms with van der Waals surface area (Å²) in [5, 5.41) is 16.9. The summed E-state index contributed by atoms with van der Waals surface area (Å²) in [6.45, 7) is 3.21. The predicted molar refractivity (Wildman–Crippen MR) is 186 cm³/mol. The van der Waals surface area contributed by atoms with Gasteiger partial charge < -0.3 is 25.4 Å². The smallest absolute Gasteiger partial charge is 0.319 e. The van der Waals surface area contributed by atoms with Gasteiger partial charge in [-0.15, -0.1) is 0 Å². The van der Waals surface area contributed by atoms with E-state index in [1.54, 1.807) is 53.2 Å². The highest BCUT2D eigenvalue weighted by molar-refractivity contribution is 6.39. The molecule has 1 atom stereocenters. The van der Waals surface area contributed by atoms with Gasteiger partial charge in [0.1, 0.15) is 11.6 Å². The first-order chi connectivity index (χ1) is 23.6. The van der Waals surface area contributed by atoms with Gasteiger partial charge in [-0.05, 0) is 42.7 Å². The van der Waals surface area contributed by atoms with E-state index in [4.69, 9.17) is 32.7 Å². The Morgan fingerprint density at radius 2 is 1.73 bits per heavy atom. The van der Waals surface area contributed by atoms with Crippen LogP contribution in [0.2, 0.25) is 10.0 Å². The minimum absolute atomic E-state index is 0.0490. The van der Waals surface area contributed by atoms with Gasteiger partial charge in [0.15, 0.2) is 5.69 Å². The monoisotopic (exact) mass is 710 g/mol. The van der Waals surface area contributed by atoms with Gasteiger partial charge in [0.2, 0.25) is 5.91 Å². The topological polar surface area (TPSA) is 136 Å². The number of halogens is 3. The first kappa shape index (κ1) is 35.8. The maximum Gasteiger partial charge on any atom is 0.319 e. The number of anilines is 1. The molecule has 1 aromatic heterocycles. The molecule has 0 spiro atoms. The molecule has 11 nitrogen and oxygen atoms in total. The van der Waals surface area contributed by atoms with E-state index < -0.39 is 11.7 Å². The van der Waals surface area contributed by atoms with Gasteiger partial charge in [-0.25, -0.2) is 4.39 Å². The zero-order valence-corrected chi connectivity index (χ0v) is 28.8. The second kappa shape index (κ2) is 16.3. The molecule has 4 N–H and O–H groups in total.